The summed E-state index contributed by atoms with van der Waals surface area (Å²) in [6.07, 6.45) is 10.2. The maximum Gasteiger partial charge on any atom is 0.254 e. The monoisotopic (exact) mass is 447 g/mol. The van der Waals surface area contributed by atoms with Gasteiger partial charge in [-0.25, -0.2) is 14.4 Å². The number of halogens is 1. The molecule has 0 bridgehead atoms. The Hall–Kier alpha value is -3.81. The number of anilines is 3. The largest absolute Gasteiger partial charge is 0.355 e. The second-order valence-corrected chi connectivity index (χ2v) is 8.11. The topological polar surface area (TPSA) is 96.0 Å². The molecule has 3 N–H and O–H groups in total. The molecule has 0 radical (unpaired) electrons. The number of hydrogen-bond donors (Lipinski definition) is 3. The first-order chi connectivity index (χ1) is 15.9. The zero-order valence-corrected chi connectivity index (χ0v) is 18.8. The van der Waals surface area contributed by atoms with Gasteiger partial charge in [-0.05, 0) is 30.5 Å². The maximum atomic E-state index is 13.3. The molecule has 1 amide bonds. The fraction of sp³-hybridized carbons (Fsp3) is 0.280. The molecule has 2 atom stereocenters. The van der Waals surface area contributed by atoms with Gasteiger partial charge in [0.1, 0.15) is 17.5 Å². The molecule has 4 rings (SSSR count). The molecule has 0 aliphatic heterocycles. The molecule has 2 unspecified atom stereocenters. The van der Waals surface area contributed by atoms with Crippen LogP contribution in [0.2, 0.25) is 0 Å². The number of carbonyl (C=O) groups excluding carboxylic acids is 2. The molecular formula is C25H26FN5O2. The molecule has 0 saturated carbocycles. The molecule has 2 aliphatic rings. The van der Waals surface area contributed by atoms with Gasteiger partial charge in [0, 0.05) is 42.4 Å². The molecule has 2 aromatic rings. The van der Waals surface area contributed by atoms with Crippen LogP contribution in [0, 0.1) is 17.7 Å². The highest BCUT2D eigenvalue weighted by molar-refractivity contribution is 6.06. The van der Waals surface area contributed by atoms with Crippen molar-refractivity contribution in [2.24, 2.45) is 11.8 Å². The molecule has 170 valence electrons. The van der Waals surface area contributed by atoms with E-state index in [0.29, 0.717) is 34.2 Å². The number of allylic oxidation sites excluding steroid dienone is 5. The van der Waals surface area contributed by atoms with Crippen molar-refractivity contribution in [1.29, 1.82) is 0 Å². The standard InChI is InChI=1S/C25H26FN5O2/c1-4-15-6-5-7-17-14(2)10-20(23(17)24(15)32)30-19-11-22(29-13-18(19)25(33)27-3)31-21-9-8-16(26)12-28-21/h5,7-15H,4,6H2,1-3H3,(H,27,33)(H2,28,29,30,31). The summed E-state index contributed by atoms with van der Waals surface area (Å²) >= 11 is 0. The van der Waals surface area contributed by atoms with E-state index in [2.05, 4.69) is 32.0 Å². The molecule has 0 fully saturated rings. The summed E-state index contributed by atoms with van der Waals surface area (Å²) < 4.78 is 13.2. The Labute approximate surface area is 191 Å². The van der Waals surface area contributed by atoms with Crippen molar-refractivity contribution in [3.8, 4) is 0 Å². The van der Waals surface area contributed by atoms with Crippen LogP contribution in [0.3, 0.4) is 0 Å². The minimum Gasteiger partial charge on any atom is -0.355 e. The van der Waals surface area contributed by atoms with Crippen LogP contribution in [-0.2, 0) is 4.79 Å². The molecular weight excluding hydrogens is 421 g/mol. The van der Waals surface area contributed by atoms with Crippen LogP contribution in [0.1, 0.15) is 37.0 Å². The van der Waals surface area contributed by atoms with Gasteiger partial charge in [-0.15, -0.1) is 0 Å². The number of ketones is 1. The highest BCUT2D eigenvalue weighted by atomic mass is 19.1. The van der Waals surface area contributed by atoms with Crippen LogP contribution in [-0.4, -0.2) is 28.7 Å². The first-order valence-electron chi connectivity index (χ1n) is 11.0. The molecule has 2 aliphatic carbocycles. The van der Waals surface area contributed by atoms with E-state index in [1.54, 1.807) is 13.1 Å². The number of pyridine rings is 2. The Morgan fingerprint density at radius 2 is 1.97 bits per heavy atom. The second kappa shape index (κ2) is 9.36. The van der Waals surface area contributed by atoms with Gasteiger partial charge in [-0.3, -0.25) is 9.59 Å². The number of hydrogen-bond acceptors (Lipinski definition) is 6. The van der Waals surface area contributed by atoms with Gasteiger partial charge in [0.25, 0.3) is 5.91 Å². The van der Waals surface area contributed by atoms with E-state index >= 15 is 0 Å². The first-order valence-corrected chi connectivity index (χ1v) is 11.0. The average Bonchev–Trinajstić information content (AvgIpc) is 3.00. The summed E-state index contributed by atoms with van der Waals surface area (Å²) in [5.41, 5.74) is 3.19. The Balaban J connectivity index is 1.69. The first kappa shape index (κ1) is 22.4. The van der Waals surface area contributed by atoms with Crippen molar-refractivity contribution < 1.29 is 14.0 Å². The minimum absolute atomic E-state index is 0.0677. The van der Waals surface area contributed by atoms with Crippen molar-refractivity contribution in [1.82, 2.24) is 15.3 Å². The second-order valence-electron chi connectivity index (χ2n) is 8.11. The predicted molar refractivity (Wildman–Crippen MR) is 126 cm³/mol. The van der Waals surface area contributed by atoms with E-state index in [0.717, 1.165) is 24.6 Å². The van der Waals surface area contributed by atoms with Crippen molar-refractivity contribution in [3.05, 3.63) is 77.0 Å². The smallest absolute Gasteiger partial charge is 0.254 e. The zero-order valence-electron chi connectivity index (χ0n) is 18.8. The molecule has 0 saturated heterocycles. The van der Waals surface area contributed by atoms with Gasteiger partial charge in [0.05, 0.1) is 17.4 Å². The fourth-order valence-electron chi connectivity index (χ4n) is 4.11. The Morgan fingerprint density at radius 1 is 1.18 bits per heavy atom. The third-order valence-corrected chi connectivity index (χ3v) is 5.92. The number of amides is 1. The van der Waals surface area contributed by atoms with Crippen LogP contribution in [0.4, 0.5) is 21.7 Å². The molecule has 33 heavy (non-hydrogen) atoms. The van der Waals surface area contributed by atoms with Gasteiger partial charge in [-0.1, -0.05) is 32.1 Å². The molecule has 7 nitrogen and oxygen atoms in total. The van der Waals surface area contributed by atoms with Crippen LogP contribution in [0.5, 0.6) is 0 Å². The van der Waals surface area contributed by atoms with E-state index in [1.165, 1.54) is 18.3 Å². The zero-order chi connectivity index (χ0) is 23.5. The van der Waals surface area contributed by atoms with Crippen LogP contribution < -0.4 is 16.0 Å². The van der Waals surface area contributed by atoms with Crippen LogP contribution in [0.25, 0.3) is 0 Å². The van der Waals surface area contributed by atoms with Crippen molar-refractivity contribution >= 4 is 29.0 Å². The lowest BCUT2D eigenvalue weighted by atomic mass is 9.91. The lowest BCUT2D eigenvalue weighted by Crippen LogP contribution is -2.22. The number of nitrogens with zero attached hydrogens (tertiary/aromatic N) is 2. The lowest BCUT2D eigenvalue weighted by molar-refractivity contribution is -0.118. The van der Waals surface area contributed by atoms with E-state index < -0.39 is 5.82 Å². The van der Waals surface area contributed by atoms with Crippen molar-refractivity contribution in [3.63, 3.8) is 0 Å². The van der Waals surface area contributed by atoms with E-state index in [4.69, 9.17) is 0 Å². The molecule has 0 spiro atoms. The Morgan fingerprint density at radius 3 is 2.67 bits per heavy atom. The summed E-state index contributed by atoms with van der Waals surface area (Å²) in [5.74, 6) is 0.205. The average molecular weight is 448 g/mol. The molecule has 2 heterocycles. The summed E-state index contributed by atoms with van der Waals surface area (Å²) in [4.78, 5) is 34.1. The lowest BCUT2D eigenvalue weighted by Gasteiger charge is -2.18. The molecule has 8 heteroatoms. The van der Waals surface area contributed by atoms with Crippen LogP contribution >= 0.6 is 0 Å². The normalized spacial score (nSPS) is 19.6. The maximum absolute atomic E-state index is 13.3. The number of aromatic nitrogens is 2. The number of nitrogens with one attached hydrogen (secondary N) is 3. The van der Waals surface area contributed by atoms with Crippen molar-refractivity contribution in [2.45, 2.75) is 26.7 Å². The van der Waals surface area contributed by atoms with E-state index in [1.807, 2.05) is 26.0 Å². The Bertz CT molecular complexity index is 1180. The van der Waals surface area contributed by atoms with Crippen LogP contribution in [0.15, 0.2) is 65.7 Å². The fourth-order valence-corrected chi connectivity index (χ4v) is 4.11. The Kier molecular flexibility index (Phi) is 6.35. The third kappa shape index (κ3) is 4.55. The highest BCUT2D eigenvalue weighted by Crippen LogP contribution is 2.38. The summed E-state index contributed by atoms with van der Waals surface area (Å²) in [5, 5.41) is 8.95. The third-order valence-electron chi connectivity index (χ3n) is 5.92. The van der Waals surface area contributed by atoms with Gasteiger partial charge < -0.3 is 16.0 Å². The number of Topliss-reactive ketones (excluding diaryl/α,β-unsaturated/α-hetero) is 1. The van der Waals surface area contributed by atoms with Gasteiger partial charge in [0.2, 0.25) is 0 Å². The number of carbonyl (C=O) groups is 2. The number of rotatable bonds is 6. The predicted octanol–water partition coefficient (Wildman–Crippen LogP) is 4.52. The SMILES string of the molecule is CCC1CC=CC2=C(C1=O)C(Nc1cc(Nc3ccc(F)cn3)ncc1C(=O)NC)=CC2C. The summed E-state index contributed by atoms with van der Waals surface area (Å²) in [6, 6.07) is 4.46. The van der Waals surface area contributed by atoms with Gasteiger partial charge in [0.15, 0.2) is 5.78 Å². The molecule has 2 aromatic heterocycles. The highest BCUT2D eigenvalue weighted by Gasteiger charge is 2.32. The van der Waals surface area contributed by atoms with Gasteiger partial charge in [-0.2, -0.15) is 0 Å². The molecule has 0 aromatic carbocycles. The van der Waals surface area contributed by atoms with Crippen molar-refractivity contribution in [2.75, 3.05) is 17.7 Å². The minimum atomic E-state index is -0.440. The van der Waals surface area contributed by atoms with Gasteiger partial charge >= 0.3 is 0 Å². The summed E-state index contributed by atoms with van der Waals surface area (Å²) in [6.45, 7) is 4.07. The quantitative estimate of drug-likeness (QED) is 0.603. The summed E-state index contributed by atoms with van der Waals surface area (Å²) in [7, 11) is 1.55. The van der Waals surface area contributed by atoms with E-state index in [9.17, 15) is 14.0 Å². The van der Waals surface area contributed by atoms with E-state index in [-0.39, 0.29) is 23.5 Å².